The van der Waals surface area contributed by atoms with E-state index in [0.29, 0.717) is 0 Å². The molecule has 0 aliphatic heterocycles. The number of hydrogen-bond donors (Lipinski definition) is 1. The van der Waals surface area contributed by atoms with Crippen LogP contribution in [0.3, 0.4) is 0 Å². The Morgan fingerprint density at radius 3 is 2.63 bits per heavy atom. The fourth-order valence-corrected chi connectivity index (χ4v) is 3.45. The Morgan fingerprint density at radius 1 is 1.32 bits per heavy atom. The topological polar surface area (TPSA) is 12.0 Å². The van der Waals surface area contributed by atoms with E-state index in [1.54, 1.807) is 0 Å². The van der Waals surface area contributed by atoms with Crippen LogP contribution in [-0.2, 0) is 6.42 Å². The molecule has 0 heterocycles. The van der Waals surface area contributed by atoms with Gasteiger partial charge in [-0.25, -0.2) is 0 Å². The van der Waals surface area contributed by atoms with Gasteiger partial charge in [0.2, 0.25) is 0 Å². The van der Waals surface area contributed by atoms with Crippen LogP contribution in [0.1, 0.15) is 32.3 Å². The molecule has 0 amide bonds. The van der Waals surface area contributed by atoms with Crippen molar-refractivity contribution in [1.29, 1.82) is 0 Å². The number of benzene rings is 1. The van der Waals surface area contributed by atoms with Gasteiger partial charge in [-0.2, -0.15) is 0 Å². The molecule has 2 atom stereocenters. The third-order valence-electron chi connectivity index (χ3n) is 4.03. The first kappa shape index (κ1) is 15.3. The zero-order valence-corrected chi connectivity index (χ0v) is 14.1. The predicted octanol–water partition coefficient (Wildman–Crippen LogP) is 4.92. The first-order valence-corrected chi connectivity index (χ1v) is 8.38. The summed E-state index contributed by atoms with van der Waals surface area (Å²) in [6.07, 6.45) is 3.84. The molecule has 0 radical (unpaired) electrons. The average molecular weight is 345 g/mol. The van der Waals surface area contributed by atoms with Crippen molar-refractivity contribution in [2.24, 2.45) is 17.8 Å². The monoisotopic (exact) mass is 343 g/mol. The van der Waals surface area contributed by atoms with E-state index in [-0.39, 0.29) is 0 Å². The minimum Gasteiger partial charge on any atom is -0.316 e. The van der Waals surface area contributed by atoms with Crippen LogP contribution in [0.15, 0.2) is 22.7 Å². The van der Waals surface area contributed by atoms with Crippen molar-refractivity contribution < 1.29 is 0 Å². The number of hydrogen-bond acceptors (Lipinski definition) is 1. The SMILES string of the molecule is CC(C)CNCC1CCC1Cc1ccc(Br)cc1Cl. The normalized spacial score (nSPS) is 22.6. The molecule has 2 rings (SSSR count). The molecule has 1 N–H and O–H groups in total. The molecule has 0 aromatic heterocycles. The van der Waals surface area contributed by atoms with Gasteiger partial charge in [0.05, 0.1) is 0 Å². The predicted molar refractivity (Wildman–Crippen MR) is 86.8 cm³/mol. The smallest absolute Gasteiger partial charge is 0.0449 e. The Hall–Kier alpha value is -0.0500. The third-order valence-corrected chi connectivity index (χ3v) is 4.88. The molecule has 1 aliphatic rings. The van der Waals surface area contributed by atoms with Crippen molar-refractivity contribution in [2.45, 2.75) is 33.1 Å². The molecule has 2 unspecified atom stereocenters. The lowest BCUT2D eigenvalue weighted by Crippen LogP contribution is -2.37. The van der Waals surface area contributed by atoms with Crippen molar-refractivity contribution in [1.82, 2.24) is 5.32 Å². The summed E-state index contributed by atoms with van der Waals surface area (Å²) >= 11 is 9.76. The van der Waals surface area contributed by atoms with Gasteiger partial charge >= 0.3 is 0 Å². The van der Waals surface area contributed by atoms with Crippen LogP contribution in [0.2, 0.25) is 5.02 Å². The summed E-state index contributed by atoms with van der Waals surface area (Å²) in [5.41, 5.74) is 1.29. The molecule has 1 aromatic carbocycles. The maximum Gasteiger partial charge on any atom is 0.0449 e. The van der Waals surface area contributed by atoms with Crippen LogP contribution in [0.25, 0.3) is 0 Å². The summed E-state index contributed by atoms with van der Waals surface area (Å²) in [6, 6.07) is 6.25. The Kier molecular flexibility index (Phi) is 5.73. The van der Waals surface area contributed by atoms with E-state index in [0.717, 1.165) is 46.8 Å². The standard InChI is InChI=1S/C16H23BrClN/c1-11(2)9-19-10-14-4-3-12(14)7-13-5-6-15(17)8-16(13)18/h5-6,8,11-12,14,19H,3-4,7,9-10H2,1-2H3. The molecule has 0 saturated heterocycles. The molecule has 1 fully saturated rings. The Morgan fingerprint density at radius 2 is 2.05 bits per heavy atom. The van der Waals surface area contributed by atoms with Crippen LogP contribution in [-0.4, -0.2) is 13.1 Å². The van der Waals surface area contributed by atoms with Gasteiger partial charge in [-0.15, -0.1) is 0 Å². The average Bonchev–Trinajstić information content (AvgIpc) is 2.32. The molecule has 1 nitrogen and oxygen atoms in total. The highest BCUT2D eigenvalue weighted by atomic mass is 79.9. The van der Waals surface area contributed by atoms with Gasteiger partial charge < -0.3 is 5.32 Å². The van der Waals surface area contributed by atoms with Crippen LogP contribution >= 0.6 is 27.5 Å². The molecule has 106 valence electrons. The number of nitrogens with one attached hydrogen (secondary N) is 1. The molecule has 1 aliphatic carbocycles. The molecule has 1 aromatic rings. The summed E-state index contributed by atoms with van der Waals surface area (Å²) in [4.78, 5) is 0. The van der Waals surface area contributed by atoms with Gasteiger partial charge in [0, 0.05) is 9.50 Å². The summed E-state index contributed by atoms with van der Waals surface area (Å²) in [5.74, 6) is 2.37. The Balaban J connectivity index is 1.82. The first-order chi connectivity index (χ1) is 9.06. The molecule has 19 heavy (non-hydrogen) atoms. The van der Waals surface area contributed by atoms with E-state index in [1.807, 2.05) is 6.07 Å². The molecule has 1 saturated carbocycles. The molecule has 0 spiro atoms. The number of rotatable bonds is 6. The molecule has 3 heteroatoms. The lowest BCUT2D eigenvalue weighted by molar-refractivity contribution is 0.169. The van der Waals surface area contributed by atoms with Crippen molar-refractivity contribution in [2.75, 3.05) is 13.1 Å². The maximum absolute atomic E-state index is 6.30. The lowest BCUT2D eigenvalue weighted by atomic mass is 9.70. The van der Waals surface area contributed by atoms with Gasteiger partial charge in [-0.05, 0) is 67.8 Å². The maximum atomic E-state index is 6.30. The van der Waals surface area contributed by atoms with Crippen LogP contribution in [0.5, 0.6) is 0 Å². The van der Waals surface area contributed by atoms with Gasteiger partial charge in [0.15, 0.2) is 0 Å². The van der Waals surface area contributed by atoms with Gasteiger partial charge in [0.1, 0.15) is 0 Å². The van der Waals surface area contributed by atoms with E-state index < -0.39 is 0 Å². The second-order valence-corrected chi connectivity index (χ2v) is 7.41. The minimum absolute atomic E-state index is 0.736. The van der Waals surface area contributed by atoms with E-state index in [2.05, 4.69) is 47.2 Å². The second-order valence-electron chi connectivity index (χ2n) is 6.09. The van der Waals surface area contributed by atoms with Crippen LogP contribution < -0.4 is 5.32 Å². The third kappa shape index (κ3) is 4.47. The number of halogens is 2. The molecular weight excluding hydrogens is 322 g/mol. The molecule has 0 bridgehead atoms. The van der Waals surface area contributed by atoms with Gasteiger partial charge in [-0.1, -0.05) is 47.4 Å². The summed E-state index contributed by atoms with van der Waals surface area (Å²) in [7, 11) is 0. The van der Waals surface area contributed by atoms with Crippen LogP contribution in [0.4, 0.5) is 0 Å². The van der Waals surface area contributed by atoms with E-state index >= 15 is 0 Å². The lowest BCUT2D eigenvalue weighted by Gasteiger charge is -2.37. The highest BCUT2D eigenvalue weighted by molar-refractivity contribution is 9.10. The van der Waals surface area contributed by atoms with Crippen molar-refractivity contribution in [3.05, 3.63) is 33.3 Å². The quantitative estimate of drug-likeness (QED) is 0.772. The van der Waals surface area contributed by atoms with Gasteiger partial charge in [0.25, 0.3) is 0 Å². The minimum atomic E-state index is 0.736. The highest BCUT2D eigenvalue weighted by Gasteiger charge is 2.30. The first-order valence-electron chi connectivity index (χ1n) is 7.21. The summed E-state index contributed by atoms with van der Waals surface area (Å²) in [6.45, 7) is 6.80. The molecular formula is C16H23BrClN. The van der Waals surface area contributed by atoms with E-state index in [4.69, 9.17) is 11.6 Å². The second kappa shape index (κ2) is 7.10. The van der Waals surface area contributed by atoms with Crippen molar-refractivity contribution >= 4 is 27.5 Å². The Labute approximate surface area is 130 Å². The largest absolute Gasteiger partial charge is 0.316 e. The summed E-state index contributed by atoms with van der Waals surface area (Å²) in [5, 5.41) is 4.48. The fourth-order valence-electron chi connectivity index (χ4n) is 2.70. The zero-order valence-electron chi connectivity index (χ0n) is 11.8. The van der Waals surface area contributed by atoms with Gasteiger partial charge in [-0.3, -0.25) is 0 Å². The zero-order chi connectivity index (χ0) is 13.8. The fraction of sp³-hybridized carbons (Fsp3) is 0.625. The van der Waals surface area contributed by atoms with Crippen LogP contribution in [0, 0.1) is 17.8 Å². The van der Waals surface area contributed by atoms with E-state index in [1.165, 1.54) is 18.4 Å². The Bertz CT molecular complexity index is 419. The van der Waals surface area contributed by atoms with E-state index in [9.17, 15) is 0 Å². The summed E-state index contributed by atoms with van der Waals surface area (Å²) < 4.78 is 1.06. The highest BCUT2D eigenvalue weighted by Crippen LogP contribution is 2.37. The van der Waals surface area contributed by atoms with Crippen molar-refractivity contribution in [3.63, 3.8) is 0 Å². The van der Waals surface area contributed by atoms with Crippen molar-refractivity contribution in [3.8, 4) is 0 Å².